The molecule has 0 aromatic carbocycles. The minimum absolute atomic E-state index is 0.727. The molecule has 1 N–H and O–H groups in total. The lowest BCUT2D eigenvalue weighted by Crippen LogP contribution is -2.46. The van der Waals surface area contributed by atoms with Crippen molar-refractivity contribution in [3.8, 4) is 0 Å². The lowest BCUT2D eigenvalue weighted by atomic mass is 10.1. The Labute approximate surface area is 104 Å². The van der Waals surface area contributed by atoms with Gasteiger partial charge in [0.15, 0.2) is 0 Å². The van der Waals surface area contributed by atoms with Crippen LogP contribution in [0.1, 0.15) is 25.3 Å². The van der Waals surface area contributed by atoms with Gasteiger partial charge in [0.1, 0.15) is 0 Å². The SMILES string of the molecule is CCN(CCc1cnn(C)c1)C1CCCNC1. The molecule has 1 atom stereocenters. The highest BCUT2D eigenvalue weighted by Crippen LogP contribution is 2.11. The van der Waals surface area contributed by atoms with E-state index < -0.39 is 0 Å². The molecule has 0 bridgehead atoms. The Kier molecular flexibility index (Phi) is 4.57. The Morgan fingerprint density at radius 1 is 1.59 bits per heavy atom. The third-order valence-corrected chi connectivity index (χ3v) is 3.64. The van der Waals surface area contributed by atoms with Crippen LogP contribution in [0.4, 0.5) is 0 Å². The molecule has 1 aliphatic heterocycles. The summed E-state index contributed by atoms with van der Waals surface area (Å²) in [5, 5.41) is 7.71. The van der Waals surface area contributed by atoms with E-state index in [-0.39, 0.29) is 0 Å². The number of likely N-dealkylation sites (N-methyl/N-ethyl adjacent to an activating group) is 1. The zero-order chi connectivity index (χ0) is 12.1. The van der Waals surface area contributed by atoms with E-state index in [1.807, 2.05) is 17.9 Å². The van der Waals surface area contributed by atoms with Gasteiger partial charge in [-0.3, -0.25) is 9.58 Å². The second-order valence-electron chi connectivity index (χ2n) is 4.90. The maximum atomic E-state index is 4.22. The van der Waals surface area contributed by atoms with Gasteiger partial charge in [-0.25, -0.2) is 0 Å². The number of rotatable bonds is 5. The van der Waals surface area contributed by atoms with Gasteiger partial charge in [0.25, 0.3) is 0 Å². The first-order valence-electron chi connectivity index (χ1n) is 6.72. The normalized spacial score (nSPS) is 21.0. The van der Waals surface area contributed by atoms with Crippen molar-refractivity contribution >= 4 is 0 Å². The van der Waals surface area contributed by atoms with Gasteiger partial charge in [-0.1, -0.05) is 6.92 Å². The highest BCUT2D eigenvalue weighted by atomic mass is 15.2. The van der Waals surface area contributed by atoms with Crippen molar-refractivity contribution < 1.29 is 0 Å². The van der Waals surface area contributed by atoms with Crippen molar-refractivity contribution in [2.75, 3.05) is 26.2 Å². The van der Waals surface area contributed by atoms with E-state index >= 15 is 0 Å². The second kappa shape index (κ2) is 6.17. The van der Waals surface area contributed by atoms with Gasteiger partial charge < -0.3 is 5.32 Å². The maximum Gasteiger partial charge on any atom is 0.0522 e. The van der Waals surface area contributed by atoms with Crippen molar-refractivity contribution in [2.45, 2.75) is 32.2 Å². The monoisotopic (exact) mass is 236 g/mol. The minimum Gasteiger partial charge on any atom is -0.315 e. The van der Waals surface area contributed by atoms with Crippen LogP contribution >= 0.6 is 0 Å². The van der Waals surface area contributed by atoms with Gasteiger partial charge in [0.2, 0.25) is 0 Å². The van der Waals surface area contributed by atoms with Crippen LogP contribution in [0.25, 0.3) is 0 Å². The summed E-state index contributed by atoms with van der Waals surface area (Å²) >= 11 is 0. The van der Waals surface area contributed by atoms with Crippen molar-refractivity contribution in [2.24, 2.45) is 7.05 Å². The molecule has 17 heavy (non-hydrogen) atoms. The van der Waals surface area contributed by atoms with Crippen LogP contribution in [0.2, 0.25) is 0 Å². The number of hydrogen-bond donors (Lipinski definition) is 1. The standard InChI is InChI=1S/C13H24N4/c1-3-17(13-5-4-7-14-10-13)8-6-12-9-15-16(2)11-12/h9,11,13-14H,3-8,10H2,1-2H3. The molecule has 0 saturated carbocycles. The molecule has 1 aliphatic rings. The van der Waals surface area contributed by atoms with Gasteiger partial charge in [-0.2, -0.15) is 5.10 Å². The first-order valence-corrected chi connectivity index (χ1v) is 6.72. The fraction of sp³-hybridized carbons (Fsp3) is 0.769. The van der Waals surface area contributed by atoms with Crippen LogP contribution in [0.3, 0.4) is 0 Å². The van der Waals surface area contributed by atoms with Gasteiger partial charge in [-0.05, 0) is 37.9 Å². The summed E-state index contributed by atoms with van der Waals surface area (Å²) in [5.41, 5.74) is 1.34. The number of aryl methyl sites for hydroxylation is 1. The fourth-order valence-corrected chi connectivity index (χ4v) is 2.62. The zero-order valence-electron chi connectivity index (χ0n) is 11.0. The van der Waals surface area contributed by atoms with Crippen molar-refractivity contribution in [1.29, 1.82) is 0 Å². The Morgan fingerprint density at radius 2 is 2.47 bits per heavy atom. The highest BCUT2D eigenvalue weighted by Gasteiger charge is 2.19. The molecular formula is C13H24N4. The Balaban J connectivity index is 1.82. The van der Waals surface area contributed by atoms with Crippen molar-refractivity contribution in [3.63, 3.8) is 0 Å². The molecule has 1 saturated heterocycles. The summed E-state index contributed by atoms with van der Waals surface area (Å²) < 4.78 is 1.88. The minimum atomic E-state index is 0.727. The predicted molar refractivity (Wildman–Crippen MR) is 70.1 cm³/mol. The molecule has 2 heterocycles. The molecule has 4 heteroatoms. The predicted octanol–water partition coefficient (Wildman–Crippen LogP) is 1.04. The van der Waals surface area contributed by atoms with E-state index in [0.717, 1.165) is 32.1 Å². The third-order valence-electron chi connectivity index (χ3n) is 3.64. The van der Waals surface area contributed by atoms with E-state index in [9.17, 15) is 0 Å². The van der Waals surface area contributed by atoms with E-state index in [1.165, 1.54) is 24.9 Å². The Hall–Kier alpha value is -0.870. The first-order chi connectivity index (χ1) is 8.29. The summed E-state index contributed by atoms with van der Waals surface area (Å²) in [4.78, 5) is 2.60. The molecule has 4 nitrogen and oxygen atoms in total. The van der Waals surface area contributed by atoms with Crippen molar-refractivity contribution in [1.82, 2.24) is 20.0 Å². The molecule has 1 unspecified atom stereocenters. The molecule has 2 rings (SSSR count). The summed E-state index contributed by atoms with van der Waals surface area (Å²) in [7, 11) is 1.98. The summed E-state index contributed by atoms with van der Waals surface area (Å²) in [6, 6.07) is 0.727. The summed E-state index contributed by atoms with van der Waals surface area (Å²) in [6.45, 7) is 6.90. The number of nitrogens with zero attached hydrogens (tertiary/aromatic N) is 3. The van der Waals surface area contributed by atoms with Crippen LogP contribution in [-0.4, -0.2) is 46.9 Å². The first kappa shape index (κ1) is 12.6. The van der Waals surface area contributed by atoms with Crippen LogP contribution in [0, 0.1) is 0 Å². The number of nitrogens with one attached hydrogen (secondary N) is 1. The molecule has 1 fully saturated rings. The summed E-state index contributed by atoms with van der Waals surface area (Å²) in [5.74, 6) is 0. The number of aromatic nitrogens is 2. The Bertz CT molecular complexity index is 328. The molecule has 1 aromatic rings. The largest absolute Gasteiger partial charge is 0.315 e. The third kappa shape index (κ3) is 3.54. The maximum absolute atomic E-state index is 4.22. The lowest BCUT2D eigenvalue weighted by Gasteiger charge is -2.33. The summed E-state index contributed by atoms with van der Waals surface area (Å²) in [6.07, 6.45) is 7.86. The second-order valence-corrected chi connectivity index (χ2v) is 4.90. The highest BCUT2D eigenvalue weighted by molar-refractivity contribution is 5.04. The van der Waals surface area contributed by atoms with Gasteiger partial charge in [0, 0.05) is 32.4 Å². The van der Waals surface area contributed by atoms with E-state index in [1.54, 1.807) is 0 Å². The molecule has 0 radical (unpaired) electrons. The van der Waals surface area contributed by atoms with Gasteiger partial charge in [0.05, 0.1) is 6.20 Å². The quantitative estimate of drug-likeness (QED) is 0.829. The molecule has 96 valence electrons. The average Bonchev–Trinajstić information content (AvgIpc) is 2.77. The number of piperidine rings is 1. The van der Waals surface area contributed by atoms with Gasteiger partial charge >= 0.3 is 0 Å². The molecule has 0 amide bonds. The Morgan fingerprint density at radius 3 is 3.06 bits per heavy atom. The van der Waals surface area contributed by atoms with E-state index in [0.29, 0.717) is 0 Å². The molecule has 1 aromatic heterocycles. The molecule has 0 spiro atoms. The molecule has 0 aliphatic carbocycles. The van der Waals surface area contributed by atoms with E-state index in [2.05, 4.69) is 28.4 Å². The topological polar surface area (TPSA) is 33.1 Å². The average molecular weight is 236 g/mol. The van der Waals surface area contributed by atoms with Crippen LogP contribution in [0.15, 0.2) is 12.4 Å². The zero-order valence-corrected chi connectivity index (χ0v) is 11.0. The van der Waals surface area contributed by atoms with Crippen LogP contribution < -0.4 is 5.32 Å². The number of hydrogen-bond acceptors (Lipinski definition) is 3. The van der Waals surface area contributed by atoms with Crippen LogP contribution in [0.5, 0.6) is 0 Å². The van der Waals surface area contributed by atoms with E-state index in [4.69, 9.17) is 0 Å². The van der Waals surface area contributed by atoms with Crippen molar-refractivity contribution in [3.05, 3.63) is 18.0 Å². The van der Waals surface area contributed by atoms with Crippen LogP contribution in [-0.2, 0) is 13.5 Å². The molecular weight excluding hydrogens is 212 g/mol. The fourth-order valence-electron chi connectivity index (χ4n) is 2.62. The smallest absolute Gasteiger partial charge is 0.0522 e. The van der Waals surface area contributed by atoms with Gasteiger partial charge in [-0.15, -0.1) is 0 Å². The lowest BCUT2D eigenvalue weighted by molar-refractivity contribution is 0.176.